The number of ether oxygens (including phenoxy) is 1. The van der Waals surface area contributed by atoms with Gasteiger partial charge in [0.15, 0.2) is 6.61 Å². The average molecular weight is 471 g/mol. The number of halogens is 2. The zero-order valence-electron chi connectivity index (χ0n) is 17.8. The summed E-state index contributed by atoms with van der Waals surface area (Å²) in [6.45, 7) is 3.84. The van der Waals surface area contributed by atoms with Crippen molar-refractivity contribution in [3.05, 3.63) is 88.4 Å². The summed E-state index contributed by atoms with van der Waals surface area (Å²) in [5.74, 6) is -1.01. The number of amides is 1. The van der Waals surface area contributed by atoms with E-state index in [1.54, 1.807) is 18.2 Å². The highest BCUT2D eigenvalue weighted by Gasteiger charge is 2.15. The van der Waals surface area contributed by atoms with Gasteiger partial charge in [-0.1, -0.05) is 47.5 Å². The Balaban J connectivity index is 1.56. The molecule has 0 aromatic heterocycles. The molecular weight excluding hydrogens is 447 g/mol. The van der Waals surface area contributed by atoms with E-state index >= 15 is 0 Å². The first-order valence-corrected chi connectivity index (χ1v) is 10.9. The zero-order chi connectivity index (χ0) is 23.1. The van der Waals surface area contributed by atoms with Crippen LogP contribution in [-0.4, -0.2) is 24.5 Å². The van der Waals surface area contributed by atoms with Crippen molar-refractivity contribution in [1.29, 1.82) is 0 Å². The van der Waals surface area contributed by atoms with E-state index in [1.165, 1.54) is 0 Å². The minimum absolute atomic E-state index is 0.106. The quantitative estimate of drug-likeness (QED) is 0.394. The monoisotopic (exact) mass is 470 g/mol. The molecule has 1 amide bonds. The Morgan fingerprint density at radius 1 is 0.875 bits per heavy atom. The van der Waals surface area contributed by atoms with Gasteiger partial charge in [-0.25, -0.2) is 0 Å². The van der Waals surface area contributed by atoms with Gasteiger partial charge in [-0.2, -0.15) is 0 Å². The van der Waals surface area contributed by atoms with Crippen molar-refractivity contribution >= 4 is 52.1 Å². The lowest BCUT2D eigenvalue weighted by molar-refractivity contribution is -0.146. The van der Waals surface area contributed by atoms with Gasteiger partial charge in [0.05, 0.1) is 6.42 Å². The SMILES string of the molecule is CC(C)N(c1ccccc1)c1ccc(NC(=O)COC(=O)Cc2c(Cl)cccc2Cl)cc1. The van der Waals surface area contributed by atoms with Crippen LogP contribution in [0.15, 0.2) is 72.8 Å². The summed E-state index contributed by atoms with van der Waals surface area (Å²) in [5.41, 5.74) is 3.18. The maximum Gasteiger partial charge on any atom is 0.310 e. The fourth-order valence-corrected chi connectivity index (χ4v) is 3.81. The van der Waals surface area contributed by atoms with Gasteiger partial charge in [0.25, 0.3) is 5.91 Å². The Morgan fingerprint density at radius 3 is 2.06 bits per heavy atom. The second kappa shape index (κ2) is 11.0. The number of nitrogens with one attached hydrogen (secondary N) is 1. The summed E-state index contributed by atoms with van der Waals surface area (Å²) in [6, 6.07) is 22.8. The van der Waals surface area contributed by atoms with Crippen LogP contribution in [0.25, 0.3) is 0 Å². The summed E-state index contributed by atoms with van der Waals surface area (Å²) in [5, 5.41) is 3.49. The number of carbonyl (C=O) groups excluding carboxylic acids is 2. The summed E-state index contributed by atoms with van der Waals surface area (Å²) >= 11 is 12.1. The van der Waals surface area contributed by atoms with E-state index in [0.29, 0.717) is 21.3 Å². The van der Waals surface area contributed by atoms with Crippen LogP contribution in [0.4, 0.5) is 17.1 Å². The molecule has 3 rings (SSSR count). The number of benzene rings is 3. The number of para-hydroxylation sites is 1. The molecule has 0 aliphatic rings. The molecule has 32 heavy (non-hydrogen) atoms. The van der Waals surface area contributed by atoms with Crippen molar-refractivity contribution in [3.8, 4) is 0 Å². The van der Waals surface area contributed by atoms with Crippen molar-refractivity contribution in [2.45, 2.75) is 26.3 Å². The normalized spacial score (nSPS) is 10.7. The number of carbonyl (C=O) groups is 2. The van der Waals surface area contributed by atoms with Crippen LogP contribution in [0.3, 0.4) is 0 Å². The summed E-state index contributed by atoms with van der Waals surface area (Å²) < 4.78 is 5.06. The van der Waals surface area contributed by atoms with Gasteiger partial charge in [0.1, 0.15) is 0 Å². The lowest BCUT2D eigenvalue weighted by Crippen LogP contribution is -2.25. The largest absolute Gasteiger partial charge is 0.455 e. The number of anilines is 3. The van der Waals surface area contributed by atoms with Crippen LogP contribution >= 0.6 is 23.2 Å². The third kappa shape index (κ3) is 6.25. The molecule has 166 valence electrons. The molecular formula is C25H24Cl2N2O3. The highest BCUT2D eigenvalue weighted by Crippen LogP contribution is 2.29. The summed E-state index contributed by atoms with van der Waals surface area (Å²) in [6.07, 6.45) is -0.106. The molecule has 0 atom stereocenters. The highest BCUT2D eigenvalue weighted by molar-refractivity contribution is 6.36. The third-order valence-electron chi connectivity index (χ3n) is 4.73. The molecule has 0 saturated carbocycles. The Kier molecular flexibility index (Phi) is 8.14. The van der Waals surface area contributed by atoms with Crippen LogP contribution in [0.5, 0.6) is 0 Å². The summed E-state index contributed by atoms with van der Waals surface area (Å²) in [4.78, 5) is 26.5. The molecule has 0 aliphatic carbocycles. The van der Waals surface area contributed by atoms with Gasteiger partial charge >= 0.3 is 5.97 Å². The van der Waals surface area contributed by atoms with Gasteiger partial charge in [0.2, 0.25) is 0 Å². The second-order valence-corrected chi connectivity index (χ2v) is 8.25. The fourth-order valence-electron chi connectivity index (χ4n) is 3.28. The van der Waals surface area contributed by atoms with Gasteiger partial charge < -0.3 is 15.0 Å². The van der Waals surface area contributed by atoms with Gasteiger partial charge in [-0.05, 0) is 62.4 Å². The molecule has 0 heterocycles. The number of esters is 1. The molecule has 0 bridgehead atoms. The first-order chi connectivity index (χ1) is 15.3. The smallest absolute Gasteiger partial charge is 0.310 e. The molecule has 0 spiro atoms. The number of nitrogens with zero attached hydrogens (tertiary/aromatic N) is 1. The standard InChI is InChI=1S/C25H24Cl2N2O3/c1-17(2)29(19-7-4-3-5-8-19)20-13-11-18(12-14-20)28-24(30)16-32-25(31)15-21-22(26)9-6-10-23(21)27/h3-14,17H,15-16H2,1-2H3,(H,28,30). The lowest BCUT2D eigenvalue weighted by Gasteiger charge is -2.29. The molecule has 0 aliphatic heterocycles. The molecule has 7 heteroatoms. The molecule has 0 unspecified atom stereocenters. The van der Waals surface area contributed by atoms with E-state index in [-0.39, 0.29) is 12.5 Å². The third-order valence-corrected chi connectivity index (χ3v) is 5.44. The van der Waals surface area contributed by atoms with Crippen molar-refractivity contribution < 1.29 is 14.3 Å². The molecule has 1 N–H and O–H groups in total. The van der Waals surface area contributed by atoms with Crippen molar-refractivity contribution in [2.24, 2.45) is 0 Å². The molecule has 5 nitrogen and oxygen atoms in total. The Morgan fingerprint density at radius 2 is 1.47 bits per heavy atom. The maximum absolute atomic E-state index is 12.2. The van der Waals surface area contributed by atoms with Crippen LogP contribution in [-0.2, 0) is 20.7 Å². The fraction of sp³-hybridized carbons (Fsp3) is 0.200. The van der Waals surface area contributed by atoms with E-state index in [0.717, 1.165) is 11.4 Å². The van der Waals surface area contributed by atoms with Crippen LogP contribution in [0.1, 0.15) is 19.4 Å². The Bertz CT molecular complexity index is 1050. The average Bonchev–Trinajstić information content (AvgIpc) is 2.77. The van der Waals surface area contributed by atoms with E-state index in [4.69, 9.17) is 27.9 Å². The zero-order valence-corrected chi connectivity index (χ0v) is 19.4. The molecule has 0 saturated heterocycles. The lowest BCUT2D eigenvalue weighted by atomic mass is 10.1. The van der Waals surface area contributed by atoms with E-state index in [9.17, 15) is 9.59 Å². The van der Waals surface area contributed by atoms with Crippen LogP contribution in [0.2, 0.25) is 10.0 Å². The predicted octanol–water partition coefficient (Wildman–Crippen LogP) is 6.26. The number of hydrogen-bond donors (Lipinski definition) is 1. The van der Waals surface area contributed by atoms with Crippen molar-refractivity contribution in [2.75, 3.05) is 16.8 Å². The first-order valence-electron chi connectivity index (χ1n) is 10.2. The van der Waals surface area contributed by atoms with Gasteiger partial charge in [-0.15, -0.1) is 0 Å². The van der Waals surface area contributed by atoms with E-state index < -0.39 is 18.5 Å². The minimum Gasteiger partial charge on any atom is -0.455 e. The summed E-state index contributed by atoms with van der Waals surface area (Å²) in [7, 11) is 0. The number of hydrogen-bond acceptors (Lipinski definition) is 4. The van der Waals surface area contributed by atoms with Gasteiger partial charge in [-0.3, -0.25) is 9.59 Å². The van der Waals surface area contributed by atoms with Gasteiger partial charge in [0, 0.05) is 38.7 Å². The molecule has 3 aromatic carbocycles. The van der Waals surface area contributed by atoms with Crippen molar-refractivity contribution in [1.82, 2.24) is 0 Å². The predicted molar refractivity (Wildman–Crippen MR) is 130 cm³/mol. The highest BCUT2D eigenvalue weighted by atomic mass is 35.5. The molecule has 0 radical (unpaired) electrons. The van der Waals surface area contributed by atoms with Crippen LogP contribution < -0.4 is 10.2 Å². The first kappa shape index (κ1) is 23.6. The minimum atomic E-state index is -0.582. The Hall–Kier alpha value is -3.02. The Labute approximate surface area is 197 Å². The second-order valence-electron chi connectivity index (χ2n) is 7.43. The maximum atomic E-state index is 12.2. The van der Waals surface area contributed by atoms with E-state index in [1.807, 2.05) is 42.5 Å². The molecule has 3 aromatic rings. The van der Waals surface area contributed by atoms with Crippen molar-refractivity contribution in [3.63, 3.8) is 0 Å². The topological polar surface area (TPSA) is 58.6 Å². The number of rotatable bonds is 8. The molecule has 0 fully saturated rings. The van der Waals surface area contributed by atoms with Crippen LogP contribution in [0, 0.1) is 0 Å². The van der Waals surface area contributed by atoms with E-state index in [2.05, 4.69) is 36.2 Å².